The summed E-state index contributed by atoms with van der Waals surface area (Å²) >= 11 is 0. The Morgan fingerprint density at radius 1 is 1.14 bits per heavy atom. The average Bonchev–Trinajstić information content (AvgIpc) is 3.34. The number of hydrogen-bond acceptors (Lipinski definition) is 4. The summed E-state index contributed by atoms with van der Waals surface area (Å²) in [6.07, 6.45) is 7.45. The van der Waals surface area contributed by atoms with Crippen LogP contribution in [0.5, 0.6) is 0 Å². The fraction of sp³-hybridized carbons (Fsp3) is 0.517. The molecule has 4 rings (SSSR count). The molecule has 1 fully saturated rings. The SMILES string of the molecule is [C-]#[N+]C1=CCC(C(=O)Nc2ccc(C(C)(C)N3CCN(C(C)=O)CC3)cc2C2=CCC(C)(C)CC2)=N1. The number of piperazine rings is 1. The highest BCUT2D eigenvalue weighted by Gasteiger charge is 2.33. The van der Waals surface area contributed by atoms with Crippen molar-refractivity contribution < 1.29 is 9.59 Å². The summed E-state index contributed by atoms with van der Waals surface area (Å²) in [7, 11) is 0. The molecule has 7 heteroatoms. The normalized spacial score (nSPS) is 20.2. The summed E-state index contributed by atoms with van der Waals surface area (Å²) < 4.78 is 0. The van der Waals surface area contributed by atoms with Crippen molar-refractivity contribution in [3.05, 3.63) is 58.7 Å². The number of rotatable bonds is 5. The van der Waals surface area contributed by atoms with Crippen LogP contribution in [-0.2, 0) is 15.1 Å². The lowest BCUT2D eigenvalue weighted by molar-refractivity contribution is -0.131. The molecular formula is C29H37N5O2. The molecule has 1 aromatic rings. The lowest BCUT2D eigenvalue weighted by atomic mass is 9.76. The van der Waals surface area contributed by atoms with Crippen molar-refractivity contribution in [2.45, 2.75) is 65.8 Å². The fourth-order valence-electron chi connectivity index (χ4n) is 5.21. The molecule has 36 heavy (non-hydrogen) atoms. The number of amides is 2. The van der Waals surface area contributed by atoms with E-state index in [0.717, 1.165) is 56.7 Å². The zero-order chi connectivity index (χ0) is 26.1. The molecule has 1 aromatic carbocycles. The maximum atomic E-state index is 13.0. The van der Waals surface area contributed by atoms with Crippen molar-refractivity contribution >= 4 is 28.8 Å². The number of nitrogens with one attached hydrogen (secondary N) is 1. The number of aliphatic imine (C=N–C) groups is 1. The standard InChI is InChI=1S/C29H37N5O2/c1-20(35)33-15-17-34(18-16-33)29(4,5)22-7-8-24(32-27(36)25-9-10-26(30-6)31-25)23(19-22)21-11-13-28(2,3)14-12-21/h7-8,10-11,19H,9,12-18H2,1-5H3,(H,32,36). The number of nitrogens with zero attached hydrogens (tertiary/aromatic N) is 4. The monoisotopic (exact) mass is 487 g/mol. The molecule has 0 spiro atoms. The van der Waals surface area contributed by atoms with Crippen molar-refractivity contribution in [3.8, 4) is 0 Å². The number of carbonyl (C=O) groups is 2. The second kappa shape index (κ2) is 10.0. The average molecular weight is 488 g/mol. The molecule has 2 amide bonds. The van der Waals surface area contributed by atoms with Crippen LogP contribution < -0.4 is 5.32 Å². The van der Waals surface area contributed by atoms with Crippen LogP contribution in [0.2, 0.25) is 0 Å². The Bertz CT molecular complexity index is 1190. The third-order valence-corrected chi connectivity index (χ3v) is 7.91. The Hall–Kier alpha value is -3.24. The molecule has 1 saturated heterocycles. The first-order valence-corrected chi connectivity index (χ1v) is 12.8. The second-order valence-electron chi connectivity index (χ2n) is 11.3. The Labute approximate surface area is 214 Å². The highest BCUT2D eigenvalue weighted by atomic mass is 16.2. The summed E-state index contributed by atoms with van der Waals surface area (Å²) in [5.41, 5.74) is 4.72. The van der Waals surface area contributed by atoms with E-state index in [-0.39, 0.29) is 28.6 Å². The molecule has 3 aliphatic rings. The Balaban J connectivity index is 1.63. The first kappa shape index (κ1) is 25.8. The predicted molar refractivity (Wildman–Crippen MR) is 144 cm³/mol. The number of anilines is 1. The lowest BCUT2D eigenvalue weighted by Gasteiger charge is -2.44. The fourth-order valence-corrected chi connectivity index (χ4v) is 5.21. The number of allylic oxidation sites excluding steroid dienone is 3. The van der Waals surface area contributed by atoms with Gasteiger partial charge in [-0.15, -0.1) is 4.99 Å². The van der Waals surface area contributed by atoms with Crippen LogP contribution in [0.25, 0.3) is 10.4 Å². The van der Waals surface area contributed by atoms with Gasteiger partial charge in [0, 0.05) is 56.3 Å². The molecule has 0 bridgehead atoms. The van der Waals surface area contributed by atoms with Gasteiger partial charge < -0.3 is 15.1 Å². The Morgan fingerprint density at radius 2 is 1.86 bits per heavy atom. The summed E-state index contributed by atoms with van der Waals surface area (Å²) in [6, 6.07) is 6.34. The predicted octanol–water partition coefficient (Wildman–Crippen LogP) is 5.22. The van der Waals surface area contributed by atoms with Gasteiger partial charge in [0.25, 0.3) is 11.7 Å². The first-order valence-electron chi connectivity index (χ1n) is 12.8. The third kappa shape index (κ3) is 5.44. The summed E-state index contributed by atoms with van der Waals surface area (Å²) in [5, 5.41) is 3.09. The minimum absolute atomic E-state index is 0.132. The summed E-state index contributed by atoms with van der Waals surface area (Å²) in [5.74, 6) is 0.155. The largest absolute Gasteiger partial charge is 0.361 e. The van der Waals surface area contributed by atoms with E-state index in [2.05, 4.69) is 66.0 Å². The molecule has 2 aliphatic heterocycles. The van der Waals surface area contributed by atoms with Gasteiger partial charge in [-0.2, -0.15) is 0 Å². The van der Waals surface area contributed by atoms with Crippen LogP contribution >= 0.6 is 0 Å². The molecule has 190 valence electrons. The molecule has 1 aliphatic carbocycles. The van der Waals surface area contributed by atoms with Gasteiger partial charge in [0.15, 0.2) is 5.71 Å². The number of hydrogen-bond donors (Lipinski definition) is 1. The van der Waals surface area contributed by atoms with Gasteiger partial charge in [-0.25, -0.2) is 0 Å². The van der Waals surface area contributed by atoms with E-state index >= 15 is 0 Å². The maximum absolute atomic E-state index is 13.0. The highest BCUT2D eigenvalue weighted by Crippen LogP contribution is 2.41. The molecule has 1 N–H and O–H groups in total. The van der Waals surface area contributed by atoms with Gasteiger partial charge in [0.05, 0.1) is 0 Å². The zero-order valence-electron chi connectivity index (χ0n) is 22.1. The van der Waals surface area contributed by atoms with Gasteiger partial charge >= 0.3 is 0 Å². The van der Waals surface area contributed by atoms with E-state index in [9.17, 15) is 9.59 Å². The van der Waals surface area contributed by atoms with E-state index in [1.165, 1.54) is 11.1 Å². The van der Waals surface area contributed by atoms with E-state index in [0.29, 0.717) is 12.1 Å². The van der Waals surface area contributed by atoms with Crippen LogP contribution in [0.1, 0.15) is 71.4 Å². The quantitative estimate of drug-likeness (QED) is 0.579. The summed E-state index contributed by atoms with van der Waals surface area (Å²) in [4.78, 5) is 36.6. The van der Waals surface area contributed by atoms with E-state index in [4.69, 9.17) is 6.57 Å². The van der Waals surface area contributed by atoms with Crippen molar-refractivity contribution in [2.75, 3.05) is 31.5 Å². The van der Waals surface area contributed by atoms with Crippen LogP contribution in [0.3, 0.4) is 0 Å². The van der Waals surface area contributed by atoms with E-state index in [1.54, 1.807) is 13.0 Å². The van der Waals surface area contributed by atoms with Crippen LogP contribution in [0, 0.1) is 12.0 Å². The minimum Gasteiger partial charge on any atom is -0.361 e. The molecule has 7 nitrogen and oxygen atoms in total. The Kier molecular flexibility index (Phi) is 7.19. The van der Waals surface area contributed by atoms with Crippen LogP contribution in [-0.4, -0.2) is 53.5 Å². The van der Waals surface area contributed by atoms with Gasteiger partial charge in [0.2, 0.25) is 5.91 Å². The number of benzene rings is 1. The highest BCUT2D eigenvalue weighted by molar-refractivity contribution is 6.44. The smallest absolute Gasteiger partial charge is 0.293 e. The Morgan fingerprint density at radius 3 is 2.44 bits per heavy atom. The first-order chi connectivity index (χ1) is 17.0. The molecule has 0 aromatic heterocycles. The molecule has 0 atom stereocenters. The van der Waals surface area contributed by atoms with Crippen molar-refractivity contribution in [3.63, 3.8) is 0 Å². The lowest BCUT2D eigenvalue weighted by Crippen LogP contribution is -2.54. The van der Waals surface area contributed by atoms with Crippen molar-refractivity contribution in [1.82, 2.24) is 9.80 Å². The van der Waals surface area contributed by atoms with Gasteiger partial charge in [-0.3, -0.25) is 14.5 Å². The molecule has 0 unspecified atom stereocenters. The van der Waals surface area contributed by atoms with E-state index in [1.807, 2.05) is 11.0 Å². The zero-order valence-corrected chi connectivity index (χ0v) is 22.1. The van der Waals surface area contributed by atoms with Crippen LogP contribution in [0.4, 0.5) is 5.69 Å². The second-order valence-corrected chi connectivity index (χ2v) is 11.3. The molecular weight excluding hydrogens is 450 g/mol. The van der Waals surface area contributed by atoms with Gasteiger partial charge in [-0.05, 0) is 61.8 Å². The molecule has 0 saturated carbocycles. The summed E-state index contributed by atoms with van der Waals surface area (Å²) in [6.45, 7) is 21.0. The van der Waals surface area contributed by atoms with Gasteiger partial charge in [-0.1, -0.05) is 38.6 Å². The minimum atomic E-state index is -0.254. The van der Waals surface area contributed by atoms with E-state index < -0.39 is 0 Å². The van der Waals surface area contributed by atoms with Crippen molar-refractivity contribution in [1.29, 1.82) is 0 Å². The van der Waals surface area contributed by atoms with Crippen molar-refractivity contribution in [2.24, 2.45) is 10.4 Å². The van der Waals surface area contributed by atoms with Crippen LogP contribution in [0.15, 0.2) is 41.2 Å². The maximum Gasteiger partial charge on any atom is 0.293 e. The molecule has 0 radical (unpaired) electrons. The van der Waals surface area contributed by atoms with Gasteiger partial charge in [0.1, 0.15) is 0 Å². The molecule has 2 heterocycles. The number of carbonyl (C=O) groups excluding carboxylic acids is 2. The third-order valence-electron chi connectivity index (χ3n) is 7.91. The topological polar surface area (TPSA) is 69.4 Å².